The SMILES string of the molecule is O=C(Nc1ccccc1C1=CN([C@@H]2C[C@H]3CCN(C3)C2)CO1)C(F)(F)F. The molecule has 2 fully saturated rings. The molecule has 0 radical (unpaired) electrons. The average molecular weight is 367 g/mol. The molecule has 1 amide bonds. The monoisotopic (exact) mass is 367 g/mol. The van der Waals surface area contributed by atoms with E-state index in [1.807, 2.05) is 11.5 Å². The maximum absolute atomic E-state index is 12.6. The number of anilines is 1. The molecule has 5 nitrogen and oxygen atoms in total. The lowest BCUT2D eigenvalue weighted by molar-refractivity contribution is -0.167. The molecular formula is C18H20F3N3O2. The summed E-state index contributed by atoms with van der Waals surface area (Å²) in [5.41, 5.74) is 0.544. The number of fused-ring (bicyclic) bond motifs is 2. The molecule has 1 N–H and O–H groups in total. The molecule has 2 saturated heterocycles. The van der Waals surface area contributed by atoms with Crippen LogP contribution in [0.5, 0.6) is 0 Å². The van der Waals surface area contributed by atoms with E-state index in [1.165, 1.54) is 12.5 Å². The van der Waals surface area contributed by atoms with Gasteiger partial charge < -0.3 is 19.9 Å². The Morgan fingerprint density at radius 2 is 2.04 bits per heavy atom. The Balaban J connectivity index is 1.52. The van der Waals surface area contributed by atoms with Gasteiger partial charge >= 0.3 is 12.1 Å². The maximum Gasteiger partial charge on any atom is 0.471 e. The lowest BCUT2D eigenvalue weighted by atomic mass is 9.96. The number of piperidine rings is 1. The number of rotatable bonds is 3. The molecule has 8 heteroatoms. The first-order valence-electron chi connectivity index (χ1n) is 8.70. The van der Waals surface area contributed by atoms with Crippen molar-refractivity contribution in [3.05, 3.63) is 36.0 Å². The number of alkyl halides is 3. The van der Waals surface area contributed by atoms with E-state index in [0.29, 0.717) is 30.0 Å². The van der Waals surface area contributed by atoms with Crippen LogP contribution in [0.3, 0.4) is 0 Å². The van der Waals surface area contributed by atoms with E-state index in [4.69, 9.17) is 4.74 Å². The van der Waals surface area contributed by atoms with Gasteiger partial charge in [-0.3, -0.25) is 4.79 Å². The van der Waals surface area contributed by atoms with Crippen molar-refractivity contribution < 1.29 is 22.7 Å². The van der Waals surface area contributed by atoms with Gasteiger partial charge in [-0.15, -0.1) is 0 Å². The first-order valence-corrected chi connectivity index (χ1v) is 8.70. The Bertz CT molecular complexity index is 723. The highest BCUT2D eigenvalue weighted by Gasteiger charge is 2.39. The van der Waals surface area contributed by atoms with E-state index >= 15 is 0 Å². The summed E-state index contributed by atoms with van der Waals surface area (Å²) in [5.74, 6) is -0.794. The van der Waals surface area contributed by atoms with Crippen molar-refractivity contribution in [3.8, 4) is 0 Å². The number of carbonyl (C=O) groups is 1. The summed E-state index contributed by atoms with van der Waals surface area (Å²) >= 11 is 0. The summed E-state index contributed by atoms with van der Waals surface area (Å²) in [6.45, 7) is 3.66. The van der Waals surface area contributed by atoms with Crippen molar-refractivity contribution in [1.82, 2.24) is 9.80 Å². The molecular weight excluding hydrogens is 347 g/mol. The van der Waals surface area contributed by atoms with E-state index in [-0.39, 0.29) is 5.69 Å². The van der Waals surface area contributed by atoms with Gasteiger partial charge in [0.1, 0.15) is 5.76 Å². The van der Waals surface area contributed by atoms with Crippen molar-refractivity contribution in [1.29, 1.82) is 0 Å². The number of benzene rings is 1. The van der Waals surface area contributed by atoms with Crippen LogP contribution in [0.25, 0.3) is 5.76 Å². The molecule has 0 aliphatic carbocycles. The standard InChI is InChI=1S/C18H20F3N3O2/c19-18(20,21)17(25)22-15-4-2-1-3-14(15)16-10-24(11-26-16)13-7-12-5-6-23(8-12)9-13/h1-4,10,12-13H,5-9,11H2,(H,22,25)/t12-,13-/m1/s1. The van der Waals surface area contributed by atoms with Gasteiger partial charge in [0.15, 0.2) is 6.73 Å². The zero-order valence-corrected chi connectivity index (χ0v) is 14.1. The molecule has 2 bridgehead atoms. The Kier molecular flexibility index (Phi) is 4.30. The third kappa shape index (κ3) is 3.38. The van der Waals surface area contributed by atoms with E-state index < -0.39 is 12.1 Å². The van der Waals surface area contributed by atoms with Crippen LogP contribution < -0.4 is 5.32 Å². The largest absolute Gasteiger partial charge is 0.471 e. The van der Waals surface area contributed by atoms with Crippen molar-refractivity contribution >= 4 is 17.4 Å². The molecule has 3 heterocycles. The number of ether oxygens (including phenoxy) is 1. The second-order valence-corrected chi connectivity index (χ2v) is 7.08. The summed E-state index contributed by atoms with van der Waals surface area (Å²) in [4.78, 5) is 15.8. The van der Waals surface area contributed by atoms with Crippen molar-refractivity contribution in [3.63, 3.8) is 0 Å². The fourth-order valence-corrected chi connectivity index (χ4v) is 4.00. The van der Waals surface area contributed by atoms with Crippen molar-refractivity contribution in [2.45, 2.75) is 25.1 Å². The minimum Gasteiger partial charge on any atom is -0.471 e. The maximum atomic E-state index is 12.6. The Hall–Kier alpha value is -2.22. The molecule has 0 aromatic heterocycles. The number of amides is 1. The molecule has 1 unspecified atom stereocenters. The highest BCUT2D eigenvalue weighted by molar-refractivity contribution is 5.97. The summed E-state index contributed by atoms with van der Waals surface area (Å²) in [7, 11) is 0. The van der Waals surface area contributed by atoms with Crippen molar-refractivity contribution in [2.24, 2.45) is 5.92 Å². The second-order valence-electron chi connectivity index (χ2n) is 7.08. The fourth-order valence-electron chi connectivity index (χ4n) is 4.00. The molecule has 3 atom stereocenters. The van der Waals surface area contributed by atoms with Gasteiger partial charge in [0.25, 0.3) is 0 Å². The van der Waals surface area contributed by atoms with Crippen LogP contribution in [0.1, 0.15) is 18.4 Å². The first kappa shape index (κ1) is 17.2. The molecule has 4 rings (SSSR count). The number of para-hydroxylation sites is 1. The predicted molar refractivity (Wildman–Crippen MR) is 89.8 cm³/mol. The molecule has 26 heavy (non-hydrogen) atoms. The number of hydrogen-bond acceptors (Lipinski definition) is 4. The van der Waals surface area contributed by atoms with Gasteiger partial charge in [0.2, 0.25) is 0 Å². The molecule has 3 aliphatic heterocycles. The van der Waals surface area contributed by atoms with E-state index in [1.54, 1.807) is 18.2 Å². The Labute approximate surface area is 149 Å². The number of hydrogen-bond donors (Lipinski definition) is 1. The second kappa shape index (κ2) is 6.50. The van der Waals surface area contributed by atoms with Gasteiger partial charge in [0, 0.05) is 30.9 Å². The minimum absolute atomic E-state index is 0.0930. The van der Waals surface area contributed by atoms with Gasteiger partial charge in [-0.05, 0) is 37.4 Å². The normalized spacial score (nSPS) is 27.9. The van der Waals surface area contributed by atoms with E-state index in [9.17, 15) is 18.0 Å². The average Bonchev–Trinajstić information content (AvgIpc) is 3.21. The van der Waals surface area contributed by atoms with Crippen LogP contribution >= 0.6 is 0 Å². The zero-order valence-electron chi connectivity index (χ0n) is 14.1. The van der Waals surface area contributed by atoms with Crippen LogP contribution in [0, 0.1) is 5.92 Å². The van der Waals surface area contributed by atoms with Gasteiger partial charge in [0.05, 0.1) is 5.69 Å². The molecule has 0 spiro atoms. The summed E-state index contributed by atoms with van der Waals surface area (Å²) in [6.07, 6.45) is -0.737. The summed E-state index contributed by atoms with van der Waals surface area (Å²) < 4.78 is 43.4. The Morgan fingerprint density at radius 1 is 1.23 bits per heavy atom. The molecule has 3 aliphatic rings. The number of halogens is 3. The lowest BCUT2D eigenvalue weighted by Gasteiger charge is -2.35. The lowest BCUT2D eigenvalue weighted by Crippen LogP contribution is -2.44. The third-order valence-corrected chi connectivity index (χ3v) is 5.26. The first-order chi connectivity index (χ1) is 12.4. The number of nitrogens with zero attached hydrogens (tertiary/aromatic N) is 2. The topological polar surface area (TPSA) is 44.8 Å². The zero-order chi connectivity index (χ0) is 18.3. The van der Waals surface area contributed by atoms with Crippen LogP contribution in [-0.4, -0.2) is 54.3 Å². The quantitative estimate of drug-likeness (QED) is 0.892. The fraction of sp³-hybridized carbons (Fsp3) is 0.500. The number of carbonyl (C=O) groups excluding carboxylic acids is 1. The predicted octanol–water partition coefficient (Wildman–Crippen LogP) is 2.87. The van der Waals surface area contributed by atoms with E-state index in [0.717, 1.165) is 26.1 Å². The van der Waals surface area contributed by atoms with Crippen LogP contribution in [-0.2, 0) is 9.53 Å². The molecule has 1 aromatic rings. The Morgan fingerprint density at radius 3 is 2.81 bits per heavy atom. The van der Waals surface area contributed by atoms with Crippen molar-refractivity contribution in [2.75, 3.05) is 31.7 Å². The third-order valence-electron chi connectivity index (χ3n) is 5.26. The number of nitrogens with one attached hydrogen (secondary N) is 1. The van der Waals surface area contributed by atoms with Gasteiger partial charge in [-0.1, -0.05) is 12.1 Å². The van der Waals surface area contributed by atoms with Crippen LogP contribution in [0.4, 0.5) is 18.9 Å². The molecule has 140 valence electrons. The summed E-state index contributed by atoms with van der Waals surface area (Å²) in [6, 6.07) is 6.73. The molecule has 0 saturated carbocycles. The van der Waals surface area contributed by atoms with Crippen LogP contribution in [0.15, 0.2) is 30.5 Å². The smallest absolute Gasteiger partial charge is 0.471 e. The highest BCUT2D eigenvalue weighted by Crippen LogP contribution is 2.34. The minimum atomic E-state index is -4.93. The summed E-state index contributed by atoms with van der Waals surface area (Å²) in [5, 5.41) is 1.93. The molecule has 1 aromatic carbocycles. The van der Waals surface area contributed by atoms with Gasteiger partial charge in [-0.25, -0.2) is 0 Å². The van der Waals surface area contributed by atoms with Gasteiger partial charge in [-0.2, -0.15) is 13.2 Å². The van der Waals surface area contributed by atoms with E-state index in [2.05, 4.69) is 9.80 Å². The van der Waals surface area contributed by atoms with Crippen LogP contribution in [0.2, 0.25) is 0 Å². The highest BCUT2D eigenvalue weighted by atomic mass is 19.4.